The van der Waals surface area contributed by atoms with E-state index in [1.807, 2.05) is 54.6 Å². The summed E-state index contributed by atoms with van der Waals surface area (Å²) in [7, 11) is 0. The van der Waals surface area contributed by atoms with Gasteiger partial charge in [-0.15, -0.1) is 0 Å². The Morgan fingerprint density at radius 3 is 2.78 bits per heavy atom. The average molecular weight is 482 g/mol. The highest BCUT2D eigenvalue weighted by atomic mass is 35.5. The lowest BCUT2D eigenvalue weighted by Crippen LogP contribution is -2.27. The summed E-state index contributed by atoms with van der Waals surface area (Å²) < 4.78 is 17.1. The third kappa shape index (κ3) is 4.19. The van der Waals surface area contributed by atoms with Gasteiger partial charge in [0.25, 0.3) is 5.91 Å². The van der Waals surface area contributed by atoms with Gasteiger partial charge in [0.2, 0.25) is 6.79 Å². The number of carbonyl (C=O) groups excluding carboxylic acids is 1. The fourth-order valence-electron chi connectivity index (χ4n) is 3.34. The van der Waals surface area contributed by atoms with E-state index in [0.717, 1.165) is 11.1 Å². The number of benzene rings is 3. The molecule has 5 rings (SSSR count). The first-order valence-electron chi connectivity index (χ1n) is 9.72. The third-order valence-corrected chi connectivity index (χ3v) is 6.59. The number of hydrogen-bond donors (Lipinski definition) is 0. The highest BCUT2D eigenvalue weighted by Gasteiger charge is 2.34. The maximum Gasteiger partial charge on any atom is 0.270 e. The minimum atomic E-state index is -0.179. The quantitative estimate of drug-likeness (QED) is 0.326. The number of rotatable bonds is 5. The van der Waals surface area contributed by atoms with Gasteiger partial charge in [-0.25, -0.2) is 0 Å². The molecule has 32 heavy (non-hydrogen) atoms. The summed E-state index contributed by atoms with van der Waals surface area (Å²) in [4.78, 5) is 15.1. The fraction of sp³-hybridized carbons (Fsp3) is 0.0833. The molecule has 0 atom stereocenters. The van der Waals surface area contributed by atoms with Crippen molar-refractivity contribution in [2.45, 2.75) is 6.61 Å². The second-order valence-electron chi connectivity index (χ2n) is 7.01. The summed E-state index contributed by atoms with van der Waals surface area (Å²) in [6, 6.07) is 20.4. The standard InChI is InChI=1S/C24H16ClNO4S2/c25-19-7-2-1-5-16(19)13-28-18-6-3-4-15(10-18)11-22-23(27)26(24(31)32-22)17-8-9-20-21(12-17)30-14-29-20/h1-12H,13-14H2. The lowest BCUT2D eigenvalue weighted by molar-refractivity contribution is -0.113. The zero-order valence-electron chi connectivity index (χ0n) is 16.6. The van der Waals surface area contributed by atoms with Crippen LogP contribution < -0.4 is 19.1 Å². The number of amides is 1. The minimum Gasteiger partial charge on any atom is -0.489 e. The molecule has 1 fully saturated rings. The van der Waals surface area contributed by atoms with Crippen molar-refractivity contribution in [1.82, 2.24) is 0 Å². The largest absolute Gasteiger partial charge is 0.489 e. The van der Waals surface area contributed by atoms with Gasteiger partial charge < -0.3 is 14.2 Å². The molecule has 0 aromatic heterocycles. The molecular formula is C24H16ClNO4S2. The lowest BCUT2D eigenvalue weighted by Gasteiger charge is -2.14. The Morgan fingerprint density at radius 2 is 1.91 bits per heavy atom. The Morgan fingerprint density at radius 1 is 1.06 bits per heavy atom. The number of thiocarbonyl (C=S) groups is 1. The van der Waals surface area contributed by atoms with Gasteiger partial charge in [0.15, 0.2) is 15.8 Å². The van der Waals surface area contributed by atoms with Crippen LogP contribution in [0, 0.1) is 0 Å². The molecule has 0 N–H and O–H groups in total. The van der Waals surface area contributed by atoms with Gasteiger partial charge in [-0.3, -0.25) is 9.69 Å². The molecule has 0 radical (unpaired) electrons. The van der Waals surface area contributed by atoms with Crippen molar-refractivity contribution in [1.29, 1.82) is 0 Å². The zero-order valence-corrected chi connectivity index (χ0v) is 19.0. The summed E-state index contributed by atoms with van der Waals surface area (Å²) in [5.74, 6) is 1.76. The van der Waals surface area contributed by atoms with Crippen LogP contribution in [-0.4, -0.2) is 17.0 Å². The Bertz CT molecular complexity index is 1260. The van der Waals surface area contributed by atoms with E-state index in [1.54, 1.807) is 18.2 Å². The number of carbonyl (C=O) groups is 1. The summed E-state index contributed by atoms with van der Waals surface area (Å²) in [6.07, 6.45) is 1.81. The van der Waals surface area contributed by atoms with Crippen LogP contribution >= 0.6 is 35.6 Å². The number of nitrogens with zero attached hydrogens (tertiary/aromatic N) is 1. The van der Waals surface area contributed by atoms with E-state index in [1.165, 1.54) is 16.7 Å². The first-order chi connectivity index (χ1) is 15.6. The molecule has 2 heterocycles. The molecule has 2 aliphatic rings. The molecule has 5 nitrogen and oxygen atoms in total. The number of ether oxygens (including phenoxy) is 3. The van der Waals surface area contributed by atoms with Gasteiger partial charge in [-0.2, -0.15) is 0 Å². The van der Waals surface area contributed by atoms with Crippen molar-refractivity contribution in [2.75, 3.05) is 11.7 Å². The van der Waals surface area contributed by atoms with Crippen molar-refractivity contribution in [3.8, 4) is 17.2 Å². The maximum atomic E-state index is 13.1. The molecule has 0 spiro atoms. The SMILES string of the molecule is O=C1C(=Cc2cccc(OCc3ccccc3Cl)c2)SC(=S)N1c1ccc2c(c1)OCO2. The van der Waals surface area contributed by atoms with E-state index in [-0.39, 0.29) is 12.7 Å². The normalized spacial score (nSPS) is 16.2. The lowest BCUT2D eigenvalue weighted by atomic mass is 10.2. The summed E-state index contributed by atoms with van der Waals surface area (Å²) in [5.41, 5.74) is 2.40. The predicted octanol–water partition coefficient (Wildman–Crippen LogP) is 6.05. The van der Waals surface area contributed by atoms with E-state index < -0.39 is 0 Å². The van der Waals surface area contributed by atoms with Crippen LogP contribution in [0.2, 0.25) is 5.02 Å². The number of hydrogen-bond acceptors (Lipinski definition) is 6. The van der Waals surface area contributed by atoms with Crippen molar-refractivity contribution in [3.63, 3.8) is 0 Å². The third-order valence-electron chi connectivity index (χ3n) is 4.92. The Hall–Kier alpha value is -3.00. The Balaban J connectivity index is 1.34. The molecule has 1 saturated heterocycles. The Kier molecular flexibility index (Phi) is 5.78. The second-order valence-corrected chi connectivity index (χ2v) is 9.09. The molecule has 8 heteroatoms. The first kappa shape index (κ1) is 20.9. The average Bonchev–Trinajstić information content (AvgIpc) is 3.37. The molecular weight excluding hydrogens is 466 g/mol. The van der Waals surface area contributed by atoms with Gasteiger partial charge in [0.05, 0.1) is 10.6 Å². The highest BCUT2D eigenvalue weighted by Crippen LogP contribution is 2.40. The molecule has 0 unspecified atom stereocenters. The monoisotopic (exact) mass is 481 g/mol. The van der Waals surface area contributed by atoms with Gasteiger partial charge >= 0.3 is 0 Å². The minimum absolute atomic E-state index is 0.173. The molecule has 0 saturated carbocycles. The summed E-state index contributed by atoms with van der Waals surface area (Å²) in [5, 5.41) is 0.663. The molecule has 3 aromatic rings. The van der Waals surface area contributed by atoms with Crippen molar-refractivity contribution in [2.24, 2.45) is 0 Å². The van der Waals surface area contributed by atoms with Gasteiger partial charge in [0, 0.05) is 16.7 Å². The van der Waals surface area contributed by atoms with Crippen LogP contribution in [0.3, 0.4) is 0 Å². The van der Waals surface area contributed by atoms with Crippen LogP contribution in [0.5, 0.6) is 17.2 Å². The van der Waals surface area contributed by atoms with Crippen LogP contribution in [0.4, 0.5) is 5.69 Å². The summed E-state index contributed by atoms with van der Waals surface area (Å²) in [6.45, 7) is 0.529. The van der Waals surface area contributed by atoms with Gasteiger partial charge in [0.1, 0.15) is 12.4 Å². The number of thioether (sulfide) groups is 1. The second kappa shape index (κ2) is 8.86. The van der Waals surface area contributed by atoms with E-state index in [4.69, 9.17) is 38.0 Å². The van der Waals surface area contributed by atoms with Crippen molar-refractivity contribution >= 4 is 57.6 Å². The van der Waals surface area contributed by atoms with E-state index in [9.17, 15) is 4.79 Å². The molecule has 3 aromatic carbocycles. The van der Waals surface area contributed by atoms with Crippen LogP contribution in [0.25, 0.3) is 6.08 Å². The summed E-state index contributed by atoms with van der Waals surface area (Å²) >= 11 is 12.9. The van der Waals surface area contributed by atoms with E-state index in [2.05, 4.69) is 0 Å². The van der Waals surface area contributed by atoms with Crippen LogP contribution in [0.1, 0.15) is 11.1 Å². The van der Waals surface area contributed by atoms with Crippen molar-refractivity contribution < 1.29 is 19.0 Å². The first-order valence-corrected chi connectivity index (χ1v) is 11.3. The molecule has 0 aliphatic carbocycles. The van der Waals surface area contributed by atoms with E-state index >= 15 is 0 Å². The smallest absolute Gasteiger partial charge is 0.270 e. The van der Waals surface area contributed by atoms with Crippen LogP contribution in [0.15, 0.2) is 71.6 Å². The number of anilines is 1. The molecule has 160 valence electrons. The fourth-order valence-corrected chi connectivity index (χ4v) is 4.83. The van der Waals surface area contributed by atoms with Gasteiger partial charge in [-0.05, 0) is 42.0 Å². The molecule has 0 bridgehead atoms. The van der Waals surface area contributed by atoms with E-state index in [0.29, 0.717) is 43.8 Å². The number of halogens is 1. The molecule has 1 amide bonds. The highest BCUT2D eigenvalue weighted by molar-refractivity contribution is 8.27. The maximum absolute atomic E-state index is 13.1. The van der Waals surface area contributed by atoms with Crippen LogP contribution in [-0.2, 0) is 11.4 Å². The Labute approximate surface area is 199 Å². The topological polar surface area (TPSA) is 48.0 Å². The van der Waals surface area contributed by atoms with Crippen molar-refractivity contribution in [3.05, 3.63) is 87.8 Å². The zero-order chi connectivity index (χ0) is 22.1. The molecule has 2 aliphatic heterocycles. The predicted molar refractivity (Wildman–Crippen MR) is 130 cm³/mol. The number of fused-ring (bicyclic) bond motifs is 1. The van der Waals surface area contributed by atoms with Gasteiger partial charge in [-0.1, -0.05) is 65.9 Å².